The zero-order chi connectivity index (χ0) is 17.3. The van der Waals surface area contributed by atoms with Gasteiger partial charge in [-0.25, -0.2) is 4.98 Å². The Morgan fingerprint density at radius 1 is 1.28 bits per heavy atom. The first kappa shape index (κ1) is 16.5. The monoisotopic (exact) mass is 356 g/mol. The highest BCUT2D eigenvalue weighted by atomic mass is 32.1. The molecule has 1 aromatic carbocycles. The maximum Gasteiger partial charge on any atom is 0.222 e. The third kappa shape index (κ3) is 3.55. The number of aryl methyl sites for hydroxylation is 1. The zero-order valence-electron chi connectivity index (χ0n) is 14.5. The van der Waals surface area contributed by atoms with Crippen LogP contribution in [0.1, 0.15) is 35.4 Å². The van der Waals surface area contributed by atoms with Crippen molar-refractivity contribution in [2.24, 2.45) is 0 Å². The van der Waals surface area contributed by atoms with Crippen LogP contribution in [0, 0.1) is 6.92 Å². The van der Waals surface area contributed by atoms with E-state index in [2.05, 4.69) is 45.6 Å². The standard InChI is InChI=1S/C19H24N4OS/c1-14-17(25-13-21-14)12-23-8-6-19(7-9-23)10-18(24)20-11-15-4-2-3-5-16(15)22-19/h2-5,13,22H,6-12H2,1H3,(H,20,24). The van der Waals surface area contributed by atoms with Crippen LogP contribution in [-0.4, -0.2) is 34.4 Å². The normalized spacial score (nSPS) is 20.3. The molecular formula is C19H24N4OS. The van der Waals surface area contributed by atoms with E-state index in [9.17, 15) is 4.79 Å². The van der Waals surface area contributed by atoms with Crippen LogP contribution in [0.5, 0.6) is 0 Å². The van der Waals surface area contributed by atoms with Crippen LogP contribution in [-0.2, 0) is 17.9 Å². The van der Waals surface area contributed by atoms with Crippen molar-refractivity contribution in [3.05, 3.63) is 45.9 Å². The Labute approximate surface area is 152 Å². The minimum Gasteiger partial charge on any atom is -0.379 e. The Balaban J connectivity index is 1.49. The maximum atomic E-state index is 12.3. The molecule has 0 bridgehead atoms. The molecule has 3 heterocycles. The fourth-order valence-corrected chi connectivity index (χ4v) is 4.63. The highest BCUT2D eigenvalue weighted by Gasteiger charge is 2.38. The molecule has 1 amide bonds. The smallest absolute Gasteiger partial charge is 0.222 e. The van der Waals surface area contributed by atoms with Crippen molar-refractivity contribution in [2.45, 2.75) is 44.8 Å². The number of benzene rings is 1. The molecule has 1 aromatic heterocycles. The molecule has 0 unspecified atom stereocenters. The van der Waals surface area contributed by atoms with Crippen LogP contribution < -0.4 is 10.6 Å². The molecule has 0 radical (unpaired) electrons. The third-order valence-electron chi connectivity index (χ3n) is 5.42. The van der Waals surface area contributed by atoms with Crippen LogP contribution >= 0.6 is 11.3 Å². The van der Waals surface area contributed by atoms with Crippen molar-refractivity contribution < 1.29 is 4.79 Å². The van der Waals surface area contributed by atoms with E-state index in [0.717, 1.165) is 49.4 Å². The summed E-state index contributed by atoms with van der Waals surface area (Å²) in [5, 5.41) is 6.81. The number of hydrogen-bond donors (Lipinski definition) is 2. The van der Waals surface area contributed by atoms with Crippen molar-refractivity contribution >= 4 is 22.9 Å². The van der Waals surface area contributed by atoms with Gasteiger partial charge >= 0.3 is 0 Å². The highest BCUT2D eigenvalue weighted by Crippen LogP contribution is 2.33. The number of para-hydroxylation sites is 1. The maximum absolute atomic E-state index is 12.3. The summed E-state index contributed by atoms with van der Waals surface area (Å²) in [6, 6.07) is 8.30. The van der Waals surface area contributed by atoms with Crippen LogP contribution in [0.15, 0.2) is 29.8 Å². The summed E-state index contributed by atoms with van der Waals surface area (Å²) in [6.07, 6.45) is 2.51. The number of rotatable bonds is 2. The van der Waals surface area contributed by atoms with Gasteiger partial charge in [0.05, 0.1) is 11.2 Å². The molecule has 5 nitrogen and oxygen atoms in total. The van der Waals surface area contributed by atoms with Crippen molar-refractivity contribution in [1.29, 1.82) is 0 Å². The number of amides is 1. The van der Waals surface area contributed by atoms with Crippen molar-refractivity contribution in [2.75, 3.05) is 18.4 Å². The van der Waals surface area contributed by atoms with E-state index in [4.69, 9.17) is 0 Å². The quantitative estimate of drug-likeness (QED) is 0.869. The van der Waals surface area contributed by atoms with Gasteiger partial charge in [0.25, 0.3) is 0 Å². The van der Waals surface area contributed by atoms with Crippen molar-refractivity contribution in [3.8, 4) is 0 Å². The Kier molecular flexibility index (Phi) is 4.48. The van der Waals surface area contributed by atoms with E-state index in [1.165, 1.54) is 4.88 Å². The van der Waals surface area contributed by atoms with Crippen molar-refractivity contribution in [3.63, 3.8) is 0 Å². The second-order valence-corrected chi connectivity index (χ2v) is 8.09. The lowest BCUT2D eigenvalue weighted by atomic mass is 9.82. The van der Waals surface area contributed by atoms with Gasteiger partial charge < -0.3 is 10.6 Å². The lowest BCUT2D eigenvalue weighted by Crippen LogP contribution is -2.52. The lowest BCUT2D eigenvalue weighted by molar-refractivity contribution is -0.122. The first-order chi connectivity index (χ1) is 12.1. The number of thiazole rings is 1. The fourth-order valence-electron chi connectivity index (χ4n) is 3.81. The number of carbonyl (C=O) groups excluding carboxylic acids is 1. The molecule has 1 saturated heterocycles. The summed E-state index contributed by atoms with van der Waals surface area (Å²) < 4.78 is 0. The van der Waals surface area contributed by atoms with E-state index in [1.807, 2.05) is 11.6 Å². The van der Waals surface area contributed by atoms with Crippen LogP contribution in [0.4, 0.5) is 5.69 Å². The van der Waals surface area contributed by atoms with Gasteiger partial charge in [0.2, 0.25) is 5.91 Å². The molecule has 2 aliphatic rings. The molecule has 2 N–H and O–H groups in total. The average molecular weight is 356 g/mol. The topological polar surface area (TPSA) is 57.3 Å². The molecule has 1 fully saturated rings. The number of carbonyl (C=O) groups is 1. The number of fused-ring (bicyclic) bond motifs is 1. The molecule has 132 valence electrons. The average Bonchev–Trinajstić information content (AvgIpc) is 3.00. The molecule has 2 aliphatic heterocycles. The lowest BCUT2D eigenvalue weighted by Gasteiger charge is -2.44. The van der Waals surface area contributed by atoms with E-state index < -0.39 is 0 Å². The number of likely N-dealkylation sites (tertiary alicyclic amines) is 1. The molecular weight excluding hydrogens is 332 g/mol. The van der Waals surface area contributed by atoms with Gasteiger partial charge in [0, 0.05) is 48.7 Å². The van der Waals surface area contributed by atoms with E-state index in [1.54, 1.807) is 11.3 Å². The van der Waals surface area contributed by atoms with Crippen LogP contribution in [0.3, 0.4) is 0 Å². The number of piperidine rings is 1. The van der Waals surface area contributed by atoms with Gasteiger partial charge in [0.1, 0.15) is 0 Å². The first-order valence-corrected chi connectivity index (χ1v) is 9.76. The minimum atomic E-state index is -0.139. The SMILES string of the molecule is Cc1ncsc1CN1CCC2(CC1)CC(=O)NCc1ccccc1N2. The molecule has 25 heavy (non-hydrogen) atoms. The Hall–Kier alpha value is -1.92. The second kappa shape index (κ2) is 6.77. The Bertz CT molecular complexity index is 764. The zero-order valence-corrected chi connectivity index (χ0v) is 15.4. The summed E-state index contributed by atoms with van der Waals surface area (Å²) in [5.41, 5.74) is 5.25. The van der Waals surface area contributed by atoms with Gasteiger partial charge in [-0.2, -0.15) is 0 Å². The van der Waals surface area contributed by atoms with E-state index in [0.29, 0.717) is 13.0 Å². The molecule has 1 spiro atoms. The van der Waals surface area contributed by atoms with Crippen molar-refractivity contribution in [1.82, 2.24) is 15.2 Å². The molecule has 2 aromatic rings. The summed E-state index contributed by atoms with van der Waals surface area (Å²) in [5.74, 6) is 0.147. The minimum absolute atomic E-state index is 0.139. The van der Waals surface area contributed by atoms with E-state index in [-0.39, 0.29) is 11.4 Å². The summed E-state index contributed by atoms with van der Waals surface area (Å²) in [6.45, 7) is 5.65. The first-order valence-electron chi connectivity index (χ1n) is 8.88. The highest BCUT2D eigenvalue weighted by molar-refractivity contribution is 7.09. The molecule has 4 rings (SSSR count). The number of anilines is 1. The summed E-state index contributed by atoms with van der Waals surface area (Å²) in [4.78, 5) is 20.5. The van der Waals surface area contributed by atoms with E-state index >= 15 is 0 Å². The van der Waals surface area contributed by atoms with Gasteiger partial charge in [-0.05, 0) is 31.4 Å². The van der Waals surface area contributed by atoms with Gasteiger partial charge in [-0.3, -0.25) is 9.69 Å². The van der Waals surface area contributed by atoms with Gasteiger partial charge in [-0.15, -0.1) is 11.3 Å². The second-order valence-electron chi connectivity index (χ2n) is 7.15. The van der Waals surface area contributed by atoms with Gasteiger partial charge in [0.15, 0.2) is 0 Å². The predicted octanol–water partition coefficient (Wildman–Crippen LogP) is 2.92. The fraction of sp³-hybridized carbons (Fsp3) is 0.474. The number of hydrogen-bond acceptors (Lipinski definition) is 5. The number of nitrogens with zero attached hydrogens (tertiary/aromatic N) is 2. The van der Waals surface area contributed by atoms with Crippen LogP contribution in [0.25, 0.3) is 0 Å². The number of aromatic nitrogens is 1. The third-order valence-corrected chi connectivity index (χ3v) is 6.34. The molecule has 6 heteroatoms. The Morgan fingerprint density at radius 3 is 2.84 bits per heavy atom. The molecule has 0 atom stereocenters. The predicted molar refractivity (Wildman–Crippen MR) is 101 cm³/mol. The molecule has 0 aliphatic carbocycles. The van der Waals surface area contributed by atoms with Gasteiger partial charge in [-0.1, -0.05) is 18.2 Å². The number of nitrogens with one attached hydrogen (secondary N) is 2. The Morgan fingerprint density at radius 2 is 2.08 bits per heavy atom. The molecule has 0 saturated carbocycles. The summed E-state index contributed by atoms with van der Waals surface area (Å²) in [7, 11) is 0. The largest absolute Gasteiger partial charge is 0.379 e. The summed E-state index contributed by atoms with van der Waals surface area (Å²) >= 11 is 1.73. The van der Waals surface area contributed by atoms with Crippen LogP contribution in [0.2, 0.25) is 0 Å².